The van der Waals surface area contributed by atoms with Gasteiger partial charge in [0.05, 0.1) is 33.0 Å². The highest BCUT2D eigenvalue weighted by molar-refractivity contribution is 7.92. The molecule has 1 aromatic heterocycles. The number of carbonyl (C=O) groups excluding carboxylic acids is 1. The number of carbonyl (C=O) groups is 1. The van der Waals surface area contributed by atoms with Crippen molar-refractivity contribution in [1.29, 1.82) is 0 Å². The number of thiazole rings is 1. The SMILES string of the molecule is COc1c(Cl)ccc2sc(N3CCN(CCNC(=O)c4ccccc4NS(=O)(=O)c4ccc(Cl)cc4)CC3)nc12.Cl. The van der Waals surface area contributed by atoms with E-state index >= 15 is 0 Å². The minimum absolute atomic E-state index is 0. The second kappa shape index (κ2) is 13.5. The van der Waals surface area contributed by atoms with Crippen molar-refractivity contribution in [3.8, 4) is 5.75 Å². The zero-order valence-corrected chi connectivity index (χ0v) is 25.9. The highest BCUT2D eigenvalue weighted by Gasteiger charge is 2.22. The first-order chi connectivity index (χ1) is 19.2. The van der Waals surface area contributed by atoms with Crippen LogP contribution >= 0.6 is 46.9 Å². The van der Waals surface area contributed by atoms with Gasteiger partial charge in [-0.05, 0) is 48.5 Å². The second-order valence-corrected chi connectivity index (χ2v) is 12.6. The lowest BCUT2D eigenvalue weighted by molar-refractivity contribution is 0.0948. The Bertz CT molecular complexity index is 1630. The summed E-state index contributed by atoms with van der Waals surface area (Å²) in [5, 5.41) is 4.82. The van der Waals surface area contributed by atoms with E-state index in [-0.39, 0.29) is 34.5 Å². The van der Waals surface area contributed by atoms with Crippen LogP contribution in [0.4, 0.5) is 10.8 Å². The lowest BCUT2D eigenvalue weighted by atomic mass is 10.1. The lowest BCUT2D eigenvalue weighted by Crippen LogP contribution is -2.48. The van der Waals surface area contributed by atoms with Crippen LogP contribution in [0.3, 0.4) is 0 Å². The van der Waals surface area contributed by atoms with Crippen LogP contribution in [0.2, 0.25) is 10.0 Å². The van der Waals surface area contributed by atoms with Crippen molar-refractivity contribution < 1.29 is 17.9 Å². The van der Waals surface area contributed by atoms with Gasteiger partial charge in [0.1, 0.15) is 5.52 Å². The van der Waals surface area contributed by atoms with E-state index in [1.54, 1.807) is 42.7 Å². The Morgan fingerprint density at radius 3 is 2.44 bits per heavy atom. The van der Waals surface area contributed by atoms with E-state index in [0.29, 0.717) is 28.9 Å². The molecule has 1 fully saturated rings. The van der Waals surface area contributed by atoms with Crippen molar-refractivity contribution >= 4 is 83.9 Å². The average Bonchev–Trinajstić information content (AvgIpc) is 3.38. The number of sulfonamides is 1. The summed E-state index contributed by atoms with van der Waals surface area (Å²) < 4.78 is 34.6. The lowest BCUT2D eigenvalue weighted by Gasteiger charge is -2.34. The number of para-hydroxylation sites is 1. The predicted molar refractivity (Wildman–Crippen MR) is 168 cm³/mol. The first kappa shape index (κ1) is 31.1. The standard InChI is InChI=1S/C27H27Cl2N5O4S2.ClH/c1-38-25-21(29)10-11-23-24(25)31-27(39-23)34-16-14-33(15-17-34)13-12-30-26(35)20-4-2-3-5-22(20)32-40(36,37)19-8-6-18(28)7-9-19;/h2-11,32H,12-17H2,1H3,(H,30,35);1H. The zero-order chi connectivity index (χ0) is 28.3. The van der Waals surface area contributed by atoms with Gasteiger partial charge in [-0.1, -0.05) is 46.7 Å². The van der Waals surface area contributed by atoms with Crippen LogP contribution in [0.5, 0.6) is 5.75 Å². The van der Waals surface area contributed by atoms with Crippen molar-refractivity contribution in [2.45, 2.75) is 4.90 Å². The maximum absolute atomic E-state index is 13.0. The van der Waals surface area contributed by atoms with Crippen LogP contribution in [0, 0.1) is 0 Å². The number of rotatable bonds is 9. The van der Waals surface area contributed by atoms with Crippen LogP contribution in [0.15, 0.2) is 65.6 Å². The van der Waals surface area contributed by atoms with Gasteiger partial charge >= 0.3 is 0 Å². The Hall–Kier alpha value is -2.80. The van der Waals surface area contributed by atoms with Crippen LogP contribution in [-0.2, 0) is 10.0 Å². The average molecular weight is 657 g/mol. The Labute approximate surface area is 258 Å². The van der Waals surface area contributed by atoms with Gasteiger partial charge in [-0.15, -0.1) is 12.4 Å². The van der Waals surface area contributed by atoms with Gasteiger partial charge in [0.2, 0.25) is 0 Å². The minimum atomic E-state index is -3.89. The van der Waals surface area contributed by atoms with Crippen LogP contribution in [-0.4, -0.2) is 70.6 Å². The topological polar surface area (TPSA) is 104 Å². The predicted octanol–water partition coefficient (Wildman–Crippen LogP) is 5.39. The molecule has 14 heteroatoms. The molecular weight excluding hydrogens is 629 g/mol. The summed E-state index contributed by atoms with van der Waals surface area (Å²) in [5.41, 5.74) is 1.23. The highest BCUT2D eigenvalue weighted by Crippen LogP contribution is 2.38. The Balaban J connectivity index is 0.00000387. The molecule has 4 aromatic rings. The molecule has 41 heavy (non-hydrogen) atoms. The van der Waals surface area contributed by atoms with Crippen molar-refractivity contribution in [2.75, 3.05) is 56.0 Å². The number of piperazine rings is 1. The van der Waals surface area contributed by atoms with E-state index < -0.39 is 10.0 Å². The molecular formula is C27H28Cl3N5O4S2. The molecule has 2 N–H and O–H groups in total. The maximum Gasteiger partial charge on any atom is 0.261 e. The number of aromatic nitrogens is 1. The normalized spacial score (nSPS) is 14.0. The number of nitrogens with zero attached hydrogens (tertiary/aromatic N) is 3. The highest BCUT2D eigenvalue weighted by atomic mass is 35.5. The van der Waals surface area contributed by atoms with Gasteiger partial charge in [0.15, 0.2) is 10.9 Å². The number of halogens is 3. The van der Waals surface area contributed by atoms with Crippen LogP contribution in [0.25, 0.3) is 10.2 Å². The molecule has 1 amide bonds. The van der Waals surface area contributed by atoms with Gasteiger partial charge in [0.25, 0.3) is 15.9 Å². The van der Waals surface area contributed by atoms with Gasteiger partial charge in [0, 0.05) is 44.3 Å². The van der Waals surface area contributed by atoms with Crippen molar-refractivity contribution in [2.24, 2.45) is 0 Å². The second-order valence-electron chi connectivity index (χ2n) is 9.11. The van der Waals surface area contributed by atoms with Gasteiger partial charge < -0.3 is 15.0 Å². The first-order valence-electron chi connectivity index (χ1n) is 12.5. The van der Waals surface area contributed by atoms with E-state index in [4.69, 9.17) is 32.9 Å². The fraction of sp³-hybridized carbons (Fsp3) is 0.259. The van der Waals surface area contributed by atoms with E-state index in [1.807, 2.05) is 12.1 Å². The zero-order valence-electron chi connectivity index (χ0n) is 22.0. The molecule has 0 unspecified atom stereocenters. The molecule has 218 valence electrons. The van der Waals surface area contributed by atoms with Gasteiger partial charge in [-0.3, -0.25) is 14.4 Å². The number of benzene rings is 3. The van der Waals surface area contributed by atoms with Gasteiger partial charge in [-0.2, -0.15) is 0 Å². The molecule has 0 saturated carbocycles. The monoisotopic (exact) mass is 655 g/mol. The number of amides is 1. The fourth-order valence-corrected chi connectivity index (χ4v) is 6.89. The number of hydrogen-bond acceptors (Lipinski definition) is 8. The number of ether oxygens (including phenoxy) is 1. The maximum atomic E-state index is 13.0. The van der Waals surface area contributed by atoms with Crippen LogP contribution < -0.4 is 19.7 Å². The number of nitrogens with one attached hydrogen (secondary N) is 2. The molecule has 0 radical (unpaired) electrons. The molecule has 1 saturated heterocycles. The van der Waals surface area contributed by atoms with Crippen LogP contribution in [0.1, 0.15) is 10.4 Å². The smallest absolute Gasteiger partial charge is 0.261 e. The third kappa shape index (κ3) is 7.17. The number of anilines is 2. The number of fused-ring (bicyclic) bond motifs is 1. The third-order valence-electron chi connectivity index (χ3n) is 6.56. The summed E-state index contributed by atoms with van der Waals surface area (Å²) in [4.78, 5) is 22.3. The molecule has 3 aromatic carbocycles. The summed E-state index contributed by atoms with van der Waals surface area (Å²) in [7, 11) is -2.29. The molecule has 2 heterocycles. The Morgan fingerprint density at radius 1 is 1.02 bits per heavy atom. The largest absolute Gasteiger partial charge is 0.493 e. The number of methoxy groups -OCH3 is 1. The molecule has 0 aliphatic carbocycles. The summed E-state index contributed by atoms with van der Waals surface area (Å²) in [6, 6.07) is 16.1. The van der Waals surface area contributed by atoms with Crippen molar-refractivity contribution in [3.05, 3.63) is 76.3 Å². The summed E-state index contributed by atoms with van der Waals surface area (Å²) in [5.74, 6) is 0.241. The summed E-state index contributed by atoms with van der Waals surface area (Å²) >= 11 is 13.7. The Morgan fingerprint density at radius 2 is 1.73 bits per heavy atom. The molecule has 1 aliphatic rings. The molecule has 5 rings (SSSR count). The van der Waals surface area contributed by atoms with Gasteiger partial charge in [-0.25, -0.2) is 13.4 Å². The van der Waals surface area contributed by atoms with Crippen molar-refractivity contribution in [3.63, 3.8) is 0 Å². The summed E-state index contributed by atoms with van der Waals surface area (Å²) in [6.45, 7) is 4.34. The van der Waals surface area contributed by atoms with Crippen molar-refractivity contribution in [1.82, 2.24) is 15.2 Å². The fourth-order valence-electron chi connectivity index (χ4n) is 4.44. The molecule has 0 spiro atoms. The number of hydrogen-bond donors (Lipinski definition) is 2. The van der Waals surface area contributed by atoms with E-state index in [2.05, 4.69) is 19.8 Å². The molecule has 9 nitrogen and oxygen atoms in total. The molecule has 0 bridgehead atoms. The third-order valence-corrected chi connectivity index (χ3v) is 9.57. The summed E-state index contributed by atoms with van der Waals surface area (Å²) in [6.07, 6.45) is 0. The van der Waals surface area contributed by atoms with E-state index in [1.165, 1.54) is 24.3 Å². The minimum Gasteiger partial charge on any atom is -0.493 e. The first-order valence-corrected chi connectivity index (χ1v) is 15.6. The quantitative estimate of drug-likeness (QED) is 0.249. The van der Waals surface area contributed by atoms with E-state index in [9.17, 15) is 13.2 Å². The van der Waals surface area contributed by atoms with E-state index in [0.717, 1.165) is 41.5 Å². The molecule has 0 atom stereocenters. The molecule has 1 aliphatic heterocycles. The Kier molecular flexibility index (Phi) is 10.2.